The predicted molar refractivity (Wildman–Crippen MR) is 68.8 cm³/mol. The van der Waals surface area contributed by atoms with Crippen LogP contribution in [0.5, 0.6) is 0 Å². The van der Waals surface area contributed by atoms with Crippen LogP contribution in [-0.4, -0.2) is 16.6 Å². The Balaban J connectivity index is 2.50. The molecule has 86 valence electrons. The third kappa shape index (κ3) is 1.90. The summed E-state index contributed by atoms with van der Waals surface area (Å²) in [6.45, 7) is 4.44. The highest BCUT2D eigenvalue weighted by Crippen LogP contribution is 2.20. The van der Waals surface area contributed by atoms with Gasteiger partial charge in [-0.05, 0) is 24.1 Å². The minimum absolute atomic E-state index is 0.638. The first-order valence-corrected chi connectivity index (χ1v) is 5.75. The molecule has 1 heterocycles. The zero-order chi connectivity index (χ0) is 11.7. The summed E-state index contributed by atoms with van der Waals surface area (Å²) < 4.78 is 2.19. The standard InChI is InChI=1S/C13H19N3/c1-9(2)7-13-15-11-8-10(14-3)5-6-12(11)16(13)4/h5-6,8-9,14H,7H2,1-4H3. The number of aromatic nitrogens is 2. The fourth-order valence-electron chi connectivity index (χ4n) is 1.95. The smallest absolute Gasteiger partial charge is 0.109 e. The second kappa shape index (κ2) is 4.16. The lowest BCUT2D eigenvalue weighted by Crippen LogP contribution is -2.02. The number of hydrogen-bond acceptors (Lipinski definition) is 2. The minimum Gasteiger partial charge on any atom is -0.388 e. The van der Waals surface area contributed by atoms with Gasteiger partial charge in [-0.2, -0.15) is 0 Å². The molecule has 3 nitrogen and oxygen atoms in total. The van der Waals surface area contributed by atoms with E-state index in [1.807, 2.05) is 7.05 Å². The summed E-state index contributed by atoms with van der Waals surface area (Å²) in [5.74, 6) is 1.80. The molecular formula is C13H19N3. The van der Waals surface area contributed by atoms with Crippen molar-refractivity contribution in [1.29, 1.82) is 0 Å². The Morgan fingerprint density at radius 1 is 1.38 bits per heavy atom. The van der Waals surface area contributed by atoms with Crippen LogP contribution in [0.2, 0.25) is 0 Å². The van der Waals surface area contributed by atoms with E-state index in [9.17, 15) is 0 Å². The Labute approximate surface area is 96.5 Å². The summed E-state index contributed by atoms with van der Waals surface area (Å²) in [6, 6.07) is 6.31. The van der Waals surface area contributed by atoms with E-state index in [1.165, 1.54) is 11.3 Å². The summed E-state index contributed by atoms with van der Waals surface area (Å²) >= 11 is 0. The summed E-state index contributed by atoms with van der Waals surface area (Å²) in [4.78, 5) is 4.68. The quantitative estimate of drug-likeness (QED) is 0.856. The Morgan fingerprint density at radius 3 is 2.75 bits per heavy atom. The molecule has 1 N–H and O–H groups in total. The fourth-order valence-corrected chi connectivity index (χ4v) is 1.95. The zero-order valence-electron chi connectivity index (χ0n) is 10.4. The number of benzene rings is 1. The predicted octanol–water partition coefficient (Wildman–Crippen LogP) is 2.81. The molecule has 0 aliphatic rings. The van der Waals surface area contributed by atoms with Gasteiger partial charge in [0.05, 0.1) is 11.0 Å². The van der Waals surface area contributed by atoms with Gasteiger partial charge in [0.15, 0.2) is 0 Å². The van der Waals surface area contributed by atoms with Gasteiger partial charge in [-0.25, -0.2) is 4.98 Å². The highest BCUT2D eigenvalue weighted by atomic mass is 15.1. The lowest BCUT2D eigenvalue weighted by molar-refractivity contribution is 0.606. The van der Waals surface area contributed by atoms with Crippen LogP contribution in [0.4, 0.5) is 5.69 Å². The minimum atomic E-state index is 0.638. The van der Waals surface area contributed by atoms with Crippen LogP contribution in [0.25, 0.3) is 11.0 Å². The van der Waals surface area contributed by atoms with Crippen LogP contribution in [0, 0.1) is 5.92 Å². The molecule has 0 bridgehead atoms. The third-order valence-electron chi connectivity index (χ3n) is 2.85. The Morgan fingerprint density at radius 2 is 2.12 bits per heavy atom. The van der Waals surface area contributed by atoms with E-state index in [0.29, 0.717) is 5.92 Å². The summed E-state index contributed by atoms with van der Waals surface area (Å²) in [6.07, 6.45) is 1.03. The van der Waals surface area contributed by atoms with Crippen molar-refractivity contribution in [3.63, 3.8) is 0 Å². The maximum atomic E-state index is 4.68. The normalized spacial score (nSPS) is 11.3. The molecule has 0 aliphatic carbocycles. The van der Waals surface area contributed by atoms with Gasteiger partial charge in [0.25, 0.3) is 0 Å². The van der Waals surface area contributed by atoms with E-state index >= 15 is 0 Å². The summed E-state index contributed by atoms with van der Waals surface area (Å²) in [7, 11) is 4.02. The topological polar surface area (TPSA) is 29.9 Å². The van der Waals surface area contributed by atoms with Crippen LogP contribution >= 0.6 is 0 Å². The molecule has 1 aromatic heterocycles. The molecule has 0 spiro atoms. The Hall–Kier alpha value is -1.51. The van der Waals surface area contributed by atoms with Gasteiger partial charge in [-0.1, -0.05) is 13.8 Å². The van der Waals surface area contributed by atoms with Crippen molar-refractivity contribution < 1.29 is 0 Å². The maximum absolute atomic E-state index is 4.68. The number of hydrogen-bond donors (Lipinski definition) is 1. The molecule has 0 atom stereocenters. The van der Waals surface area contributed by atoms with E-state index in [0.717, 1.165) is 17.6 Å². The molecule has 0 radical (unpaired) electrons. The Bertz CT molecular complexity index is 497. The van der Waals surface area contributed by atoms with Gasteiger partial charge in [0.1, 0.15) is 5.82 Å². The summed E-state index contributed by atoms with van der Waals surface area (Å²) in [5.41, 5.74) is 3.39. The number of anilines is 1. The van der Waals surface area contributed by atoms with E-state index in [-0.39, 0.29) is 0 Å². The monoisotopic (exact) mass is 217 g/mol. The lowest BCUT2D eigenvalue weighted by Gasteiger charge is -2.04. The van der Waals surface area contributed by atoms with Crippen molar-refractivity contribution in [2.24, 2.45) is 13.0 Å². The van der Waals surface area contributed by atoms with Gasteiger partial charge in [-0.15, -0.1) is 0 Å². The van der Waals surface area contributed by atoms with Crippen LogP contribution in [0.15, 0.2) is 18.2 Å². The SMILES string of the molecule is CNc1ccc2c(c1)nc(CC(C)C)n2C. The molecule has 16 heavy (non-hydrogen) atoms. The molecule has 0 unspecified atom stereocenters. The first-order valence-electron chi connectivity index (χ1n) is 5.75. The highest BCUT2D eigenvalue weighted by Gasteiger charge is 2.09. The number of nitrogens with zero attached hydrogens (tertiary/aromatic N) is 2. The molecule has 2 aromatic rings. The van der Waals surface area contributed by atoms with E-state index in [2.05, 4.69) is 54.0 Å². The lowest BCUT2D eigenvalue weighted by atomic mass is 10.1. The molecule has 2 rings (SSSR count). The van der Waals surface area contributed by atoms with Crippen molar-refractivity contribution in [2.45, 2.75) is 20.3 Å². The number of fused-ring (bicyclic) bond motifs is 1. The molecule has 0 saturated heterocycles. The van der Waals surface area contributed by atoms with Crippen molar-refractivity contribution in [1.82, 2.24) is 9.55 Å². The number of aryl methyl sites for hydroxylation is 1. The third-order valence-corrected chi connectivity index (χ3v) is 2.85. The van der Waals surface area contributed by atoms with Crippen LogP contribution in [0.1, 0.15) is 19.7 Å². The average molecular weight is 217 g/mol. The molecule has 0 amide bonds. The number of nitrogens with one attached hydrogen (secondary N) is 1. The van der Waals surface area contributed by atoms with Crippen LogP contribution < -0.4 is 5.32 Å². The largest absolute Gasteiger partial charge is 0.388 e. The molecular weight excluding hydrogens is 198 g/mol. The van der Waals surface area contributed by atoms with Gasteiger partial charge in [0.2, 0.25) is 0 Å². The fraction of sp³-hybridized carbons (Fsp3) is 0.462. The van der Waals surface area contributed by atoms with Crippen molar-refractivity contribution >= 4 is 16.7 Å². The van der Waals surface area contributed by atoms with Gasteiger partial charge < -0.3 is 9.88 Å². The van der Waals surface area contributed by atoms with Crippen LogP contribution in [0.3, 0.4) is 0 Å². The van der Waals surface area contributed by atoms with Crippen molar-refractivity contribution in [3.8, 4) is 0 Å². The van der Waals surface area contributed by atoms with Crippen molar-refractivity contribution in [3.05, 3.63) is 24.0 Å². The average Bonchev–Trinajstić information content (AvgIpc) is 2.54. The highest BCUT2D eigenvalue weighted by molar-refractivity contribution is 5.80. The molecule has 0 aliphatic heterocycles. The molecule has 1 aromatic carbocycles. The summed E-state index contributed by atoms with van der Waals surface area (Å²) in [5, 5.41) is 3.14. The van der Waals surface area contributed by atoms with Gasteiger partial charge in [-0.3, -0.25) is 0 Å². The number of imidazole rings is 1. The number of rotatable bonds is 3. The van der Waals surface area contributed by atoms with Gasteiger partial charge >= 0.3 is 0 Å². The van der Waals surface area contributed by atoms with E-state index < -0.39 is 0 Å². The zero-order valence-corrected chi connectivity index (χ0v) is 10.4. The second-order valence-corrected chi connectivity index (χ2v) is 4.64. The van der Waals surface area contributed by atoms with E-state index in [1.54, 1.807) is 0 Å². The molecule has 0 fully saturated rings. The van der Waals surface area contributed by atoms with Gasteiger partial charge in [0, 0.05) is 26.2 Å². The molecule has 3 heteroatoms. The second-order valence-electron chi connectivity index (χ2n) is 4.64. The first-order chi connectivity index (χ1) is 7.61. The maximum Gasteiger partial charge on any atom is 0.109 e. The Kier molecular flexibility index (Phi) is 2.86. The van der Waals surface area contributed by atoms with Crippen molar-refractivity contribution in [2.75, 3.05) is 12.4 Å². The van der Waals surface area contributed by atoms with E-state index in [4.69, 9.17) is 0 Å². The first kappa shape index (κ1) is 11.0. The van der Waals surface area contributed by atoms with Crippen LogP contribution in [-0.2, 0) is 13.5 Å². The molecule has 0 saturated carbocycles.